The van der Waals surface area contributed by atoms with Crippen LogP contribution in [0.15, 0.2) is 0 Å². The molecule has 0 spiro atoms. The third kappa shape index (κ3) is 5.85. The minimum Gasteiger partial charge on any atom is -0.380 e. The van der Waals surface area contributed by atoms with Crippen molar-refractivity contribution in [3.63, 3.8) is 0 Å². The van der Waals surface area contributed by atoms with Gasteiger partial charge in [-0.1, -0.05) is 0 Å². The van der Waals surface area contributed by atoms with Crippen LogP contribution in [0.2, 0.25) is 0 Å². The van der Waals surface area contributed by atoms with E-state index in [9.17, 15) is 0 Å². The summed E-state index contributed by atoms with van der Waals surface area (Å²) in [6.45, 7) is 18.4. The van der Waals surface area contributed by atoms with Gasteiger partial charge in [0.05, 0.1) is 6.61 Å². The summed E-state index contributed by atoms with van der Waals surface area (Å²) in [5.74, 6) is 0.926. The number of piperidine rings is 1. The van der Waals surface area contributed by atoms with E-state index in [1.165, 1.54) is 58.7 Å². The summed E-state index contributed by atoms with van der Waals surface area (Å²) in [5.41, 5.74) is 0. The minimum atomic E-state index is 0.722. The summed E-state index contributed by atoms with van der Waals surface area (Å²) < 4.78 is 5.45. The van der Waals surface area contributed by atoms with Crippen molar-refractivity contribution in [2.45, 2.75) is 39.7 Å². The zero-order valence-corrected chi connectivity index (χ0v) is 14.4. The summed E-state index contributed by atoms with van der Waals surface area (Å²) in [5, 5.41) is 0. The van der Waals surface area contributed by atoms with Crippen LogP contribution in [0.4, 0.5) is 0 Å². The molecule has 124 valence electrons. The maximum absolute atomic E-state index is 5.45. The average molecular weight is 297 g/mol. The quantitative estimate of drug-likeness (QED) is 0.667. The number of rotatable bonds is 7. The van der Waals surface area contributed by atoms with Crippen molar-refractivity contribution in [1.82, 2.24) is 14.7 Å². The summed E-state index contributed by atoms with van der Waals surface area (Å²) in [6.07, 6.45) is 2.78. The number of hydrogen-bond acceptors (Lipinski definition) is 4. The monoisotopic (exact) mass is 297 g/mol. The van der Waals surface area contributed by atoms with Crippen LogP contribution < -0.4 is 0 Å². The molecule has 0 unspecified atom stereocenters. The fraction of sp³-hybridized carbons (Fsp3) is 1.00. The Labute approximate surface area is 131 Å². The maximum atomic E-state index is 5.45. The van der Waals surface area contributed by atoms with Crippen molar-refractivity contribution in [2.75, 3.05) is 65.6 Å². The molecule has 2 aliphatic heterocycles. The maximum Gasteiger partial charge on any atom is 0.0593 e. The smallest absolute Gasteiger partial charge is 0.0593 e. The van der Waals surface area contributed by atoms with Crippen LogP contribution in [-0.2, 0) is 4.74 Å². The lowest BCUT2D eigenvalue weighted by atomic mass is 9.95. The average Bonchev–Trinajstić information content (AvgIpc) is 2.50. The normalized spacial score (nSPS) is 24.0. The molecule has 2 heterocycles. The Morgan fingerprint density at radius 1 is 0.952 bits per heavy atom. The first-order valence-electron chi connectivity index (χ1n) is 8.95. The fourth-order valence-corrected chi connectivity index (χ4v) is 3.55. The van der Waals surface area contributed by atoms with Gasteiger partial charge >= 0.3 is 0 Å². The summed E-state index contributed by atoms with van der Waals surface area (Å²) >= 11 is 0. The lowest BCUT2D eigenvalue weighted by molar-refractivity contribution is 0.0650. The Hall–Kier alpha value is -0.160. The Kier molecular flexibility index (Phi) is 7.44. The molecule has 0 aliphatic carbocycles. The van der Waals surface area contributed by atoms with E-state index >= 15 is 0 Å². The summed E-state index contributed by atoms with van der Waals surface area (Å²) in [4.78, 5) is 7.86. The standard InChI is InChI=1S/C17H35N3O/c1-4-21-14-13-18-9-11-19(12-10-18)15-17-5-7-20(8-6-17)16(2)3/h16-17H,4-15H2,1-3H3. The third-order valence-corrected chi connectivity index (χ3v) is 5.12. The van der Waals surface area contributed by atoms with Gasteiger partial charge in [0, 0.05) is 51.9 Å². The predicted octanol–water partition coefficient (Wildman–Crippen LogP) is 1.76. The van der Waals surface area contributed by atoms with Crippen LogP contribution in [0.25, 0.3) is 0 Å². The first-order chi connectivity index (χ1) is 10.2. The Morgan fingerprint density at radius 2 is 1.57 bits per heavy atom. The van der Waals surface area contributed by atoms with Crippen molar-refractivity contribution < 1.29 is 4.74 Å². The second kappa shape index (κ2) is 9.09. The van der Waals surface area contributed by atoms with Gasteiger partial charge in [-0.2, -0.15) is 0 Å². The molecular formula is C17H35N3O. The van der Waals surface area contributed by atoms with Gasteiger partial charge in [0.25, 0.3) is 0 Å². The van der Waals surface area contributed by atoms with Gasteiger partial charge in [-0.25, -0.2) is 0 Å². The third-order valence-electron chi connectivity index (χ3n) is 5.12. The zero-order valence-electron chi connectivity index (χ0n) is 14.4. The van der Waals surface area contributed by atoms with Crippen LogP contribution in [-0.4, -0.2) is 86.3 Å². The lowest BCUT2D eigenvalue weighted by Crippen LogP contribution is -2.49. The Balaban J connectivity index is 1.59. The molecule has 0 N–H and O–H groups in total. The molecule has 0 amide bonds. The van der Waals surface area contributed by atoms with Crippen molar-refractivity contribution >= 4 is 0 Å². The molecule has 0 aromatic heterocycles. The topological polar surface area (TPSA) is 19.0 Å². The second-order valence-corrected chi connectivity index (χ2v) is 6.91. The van der Waals surface area contributed by atoms with Crippen molar-refractivity contribution in [3.8, 4) is 0 Å². The molecule has 0 atom stereocenters. The molecule has 2 saturated heterocycles. The molecule has 0 saturated carbocycles. The van der Waals surface area contributed by atoms with Gasteiger partial charge in [-0.05, 0) is 52.6 Å². The van der Waals surface area contributed by atoms with E-state index in [4.69, 9.17) is 4.74 Å². The SMILES string of the molecule is CCOCCN1CCN(CC2CCN(C(C)C)CC2)CC1. The highest BCUT2D eigenvalue weighted by molar-refractivity contribution is 4.79. The molecule has 2 aliphatic rings. The molecule has 0 bridgehead atoms. The lowest BCUT2D eigenvalue weighted by Gasteiger charge is -2.39. The van der Waals surface area contributed by atoms with E-state index in [0.29, 0.717) is 0 Å². The van der Waals surface area contributed by atoms with Gasteiger partial charge < -0.3 is 14.5 Å². The summed E-state index contributed by atoms with van der Waals surface area (Å²) in [7, 11) is 0. The molecule has 21 heavy (non-hydrogen) atoms. The highest BCUT2D eigenvalue weighted by Crippen LogP contribution is 2.20. The molecule has 4 heteroatoms. The molecule has 4 nitrogen and oxygen atoms in total. The molecule has 0 aromatic rings. The van der Waals surface area contributed by atoms with Crippen LogP contribution in [0.5, 0.6) is 0 Å². The van der Waals surface area contributed by atoms with Crippen LogP contribution in [0.3, 0.4) is 0 Å². The minimum absolute atomic E-state index is 0.722. The number of piperazine rings is 1. The number of nitrogens with zero attached hydrogens (tertiary/aromatic N) is 3. The highest BCUT2D eigenvalue weighted by Gasteiger charge is 2.24. The fourth-order valence-electron chi connectivity index (χ4n) is 3.55. The highest BCUT2D eigenvalue weighted by atomic mass is 16.5. The zero-order chi connectivity index (χ0) is 15.1. The van der Waals surface area contributed by atoms with Gasteiger partial charge in [-0.3, -0.25) is 4.90 Å². The molecule has 2 rings (SSSR count). The molecular weight excluding hydrogens is 262 g/mol. The number of likely N-dealkylation sites (tertiary alicyclic amines) is 1. The molecule has 0 radical (unpaired) electrons. The largest absolute Gasteiger partial charge is 0.380 e. The van der Waals surface area contributed by atoms with Crippen LogP contribution in [0.1, 0.15) is 33.6 Å². The van der Waals surface area contributed by atoms with E-state index in [2.05, 4.69) is 35.5 Å². The molecule has 2 fully saturated rings. The van der Waals surface area contributed by atoms with E-state index < -0.39 is 0 Å². The van der Waals surface area contributed by atoms with Gasteiger partial charge in [0.2, 0.25) is 0 Å². The first-order valence-corrected chi connectivity index (χ1v) is 8.95. The van der Waals surface area contributed by atoms with Crippen LogP contribution >= 0.6 is 0 Å². The van der Waals surface area contributed by atoms with Gasteiger partial charge in [0.1, 0.15) is 0 Å². The van der Waals surface area contributed by atoms with Crippen molar-refractivity contribution in [1.29, 1.82) is 0 Å². The summed E-state index contributed by atoms with van der Waals surface area (Å²) in [6, 6.07) is 0.722. The van der Waals surface area contributed by atoms with Crippen molar-refractivity contribution in [3.05, 3.63) is 0 Å². The van der Waals surface area contributed by atoms with E-state index in [0.717, 1.165) is 31.7 Å². The Morgan fingerprint density at radius 3 is 2.14 bits per heavy atom. The van der Waals surface area contributed by atoms with Crippen LogP contribution in [0, 0.1) is 5.92 Å². The van der Waals surface area contributed by atoms with Gasteiger partial charge in [-0.15, -0.1) is 0 Å². The Bertz CT molecular complexity index is 269. The predicted molar refractivity (Wildman–Crippen MR) is 88.8 cm³/mol. The van der Waals surface area contributed by atoms with Gasteiger partial charge in [0.15, 0.2) is 0 Å². The van der Waals surface area contributed by atoms with E-state index in [-0.39, 0.29) is 0 Å². The van der Waals surface area contributed by atoms with Crippen molar-refractivity contribution in [2.24, 2.45) is 5.92 Å². The second-order valence-electron chi connectivity index (χ2n) is 6.91. The van der Waals surface area contributed by atoms with E-state index in [1.54, 1.807) is 0 Å². The van der Waals surface area contributed by atoms with E-state index in [1.807, 2.05) is 0 Å². The number of ether oxygens (including phenoxy) is 1. The first kappa shape index (κ1) is 17.2. The molecule has 0 aromatic carbocycles. The number of hydrogen-bond donors (Lipinski definition) is 0.